The monoisotopic (exact) mass is 245 g/mol. The van der Waals surface area contributed by atoms with Gasteiger partial charge in [-0.25, -0.2) is 0 Å². The highest BCUT2D eigenvalue weighted by Gasteiger charge is 2.27. The summed E-state index contributed by atoms with van der Waals surface area (Å²) in [5.41, 5.74) is -0.481. The molecule has 0 aliphatic rings. The van der Waals surface area contributed by atoms with Crippen molar-refractivity contribution < 1.29 is 23.9 Å². The van der Waals surface area contributed by atoms with Crippen LogP contribution in [-0.4, -0.2) is 50.2 Å². The van der Waals surface area contributed by atoms with Gasteiger partial charge in [-0.2, -0.15) is 0 Å². The second kappa shape index (κ2) is 6.00. The van der Waals surface area contributed by atoms with Crippen molar-refractivity contribution in [3.8, 4) is 0 Å². The Kier molecular flexibility index (Phi) is 5.61. The Morgan fingerprint density at radius 3 is 2.24 bits per heavy atom. The summed E-state index contributed by atoms with van der Waals surface area (Å²) < 4.78 is 5.39. The van der Waals surface area contributed by atoms with E-state index < -0.39 is 11.4 Å². The number of carbonyl (C=O) groups is 2. The Balaban J connectivity index is 4.07. The molecule has 5 nitrogen and oxygen atoms in total. The van der Waals surface area contributed by atoms with Crippen LogP contribution in [-0.2, 0) is 14.3 Å². The normalized spacial score (nSPS) is 12.3. The van der Waals surface area contributed by atoms with Crippen LogP contribution in [0, 0.1) is 5.41 Å². The van der Waals surface area contributed by atoms with E-state index in [0.717, 1.165) is 0 Å². The third-order valence-corrected chi connectivity index (χ3v) is 2.92. The zero-order valence-corrected chi connectivity index (χ0v) is 11.4. The Morgan fingerprint density at radius 2 is 1.82 bits per heavy atom. The van der Waals surface area contributed by atoms with Gasteiger partial charge in [-0.05, 0) is 20.3 Å². The molecule has 0 unspecified atom stereocenters. The van der Waals surface area contributed by atoms with E-state index >= 15 is 0 Å². The molecule has 0 heterocycles. The highest BCUT2D eigenvalue weighted by atomic mass is 16.5. The lowest BCUT2D eigenvalue weighted by Gasteiger charge is -2.30. The lowest BCUT2D eigenvalue weighted by molar-refractivity contribution is -0.884. The van der Waals surface area contributed by atoms with Gasteiger partial charge in [-0.3, -0.25) is 4.79 Å². The largest absolute Gasteiger partial charge is 0.544 e. The van der Waals surface area contributed by atoms with E-state index in [9.17, 15) is 14.7 Å². The molecule has 0 saturated carbocycles. The first-order valence-corrected chi connectivity index (χ1v) is 5.80. The van der Waals surface area contributed by atoms with Crippen molar-refractivity contribution in [3.63, 3.8) is 0 Å². The number of carboxylic acid groups (broad SMARTS) is 1. The Labute approximate surface area is 103 Å². The molecule has 0 fully saturated rings. The number of carbonyl (C=O) groups excluding carboxylic acids is 2. The van der Waals surface area contributed by atoms with Crippen LogP contribution in [0.2, 0.25) is 0 Å². The highest BCUT2D eigenvalue weighted by molar-refractivity contribution is 5.75. The number of quaternary nitrogens is 1. The number of carboxylic acids is 1. The highest BCUT2D eigenvalue weighted by Crippen LogP contribution is 2.21. The van der Waals surface area contributed by atoms with E-state index in [1.807, 2.05) is 20.8 Å². The molecule has 0 rings (SSSR count). The summed E-state index contributed by atoms with van der Waals surface area (Å²) in [6.07, 6.45) is 0.711. The summed E-state index contributed by atoms with van der Waals surface area (Å²) in [4.78, 5) is 22.1. The molecule has 0 atom stereocenters. The number of esters is 1. The third-order valence-electron chi connectivity index (χ3n) is 2.92. The molecule has 0 amide bonds. The van der Waals surface area contributed by atoms with Crippen molar-refractivity contribution in [2.24, 2.45) is 5.41 Å². The predicted molar refractivity (Wildman–Crippen MR) is 61.9 cm³/mol. The molecule has 100 valence electrons. The first kappa shape index (κ1) is 15.9. The number of likely N-dealkylation sites (N-methyl/N-ethyl adjacent to an activating group) is 1. The molecule has 0 aromatic carbocycles. The van der Waals surface area contributed by atoms with E-state index in [1.165, 1.54) is 0 Å². The molecule has 0 N–H and O–H groups in total. The summed E-state index contributed by atoms with van der Waals surface area (Å²) in [6.45, 7) is 6.18. The first-order valence-electron chi connectivity index (χ1n) is 5.80. The van der Waals surface area contributed by atoms with E-state index in [4.69, 9.17) is 4.74 Å². The smallest absolute Gasteiger partial charge is 0.311 e. The summed E-state index contributed by atoms with van der Waals surface area (Å²) in [7, 11) is 3.52. The number of ether oxygens (including phenoxy) is 1. The van der Waals surface area contributed by atoms with Crippen LogP contribution in [0.15, 0.2) is 0 Å². The molecule has 17 heavy (non-hydrogen) atoms. The summed E-state index contributed by atoms with van der Waals surface area (Å²) in [5, 5.41) is 10.5. The zero-order valence-electron chi connectivity index (χ0n) is 11.4. The molecule has 0 saturated heterocycles. The van der Waals surface area contributed by atoms with E-state index in [0.29, 0.717) is 13.0 Å². The van der Waals surface area contributed by atoms with Gasteiger partial charge in [0.15, 0.2) is 0 Å². The van der Waals surface area contributed by atoms with Gasteiger partial charge in [0.2, 0.25) is 0 Å². The van der Waals surface area contributed by atoms with Crippen molar-refractivity contribution in [1.82, 2.24) is 0 Å². The molecular weight excluding hydrogens is 222 g/mol. The van der Waals surface area contributed by atoms with Crippen LogP contribution in [0.1, 0.15) is 27.2 Å². The fourth-order valence-corrected chi connectivity index (χ4v) is 1.15. The second-order valence-corrected chi connectivity index (χ2v) is 5.56. The van der Waals surface area contributed by atoms with E-state index in [-0.39, 0.29) is 23.6 Å². The standard InChI is InChI=1S/C12H23NO4/c1-6-12(2,3)11(16)17-8-7-13(4,5)9-10(14)15/h6-9H2,1-5H3. The van der Waals surface area contributed by atoms with Gasteiger partial charge < -0.3 is 19.1 Å². The molecule has 0 aliphatic carbocycles. The van der Waals surface area contributed by atoms with Crippen molar-refractivity contribution in [2.45, 2.75) is 27.2 Å². The van der Waals surface area contributed by atoms with Gasteiger partial charge in [0, 0.05) is 0 Å². The van der Waals surface area contributed by atoms with Gasteiger partial charge in [-0.15, -0.1) is 0 Å². The van der Waals surface area contributed by atoms with Gasteiger partial charge >= 0.3 is 5.97 Å². The maximum atomic E-state index is 11.6. The fraction of sp³-hybridized carbons (Fsp3) is 0.833. The van der Waals surface area contributed by atoms with Crippen LogP contribution in [0.3, 0.4) is 0 Å². The summed E-state index contributed by atoms with van der Waals surface area (Å²) in [6, 6.07) is 0. The Hall–Kier alpha value is -1.10. The number of aliphatic carboxylic acids is 1. The molecule has 0 bridgehead atoms. The van der Waals surface area contributed by atoms with Gasteiger partial charge in [0.05, 0.1) is 25.5 Å². The van der Waals surface area contributed by atoms with Crippen molar-refractivity contribution in [2.75, 3.05) is 33.8 Å². The number of nitrogens with zero attached hydrogens (tertiary/aromatic N) is 1. The maximum Gasteiger partial charge on any atom is 0.311 e. The number of hydrogen-bond acceptors (Lipinski definition) is 4. The van der Waals surface area contributed by atoms with E-state index in [1.54, 1.807) is 14.1 Å². The minimum atomic E-state index is -1.10. The zero-order chi connectivity index (χ0) is 13.7. The molecule has 0 spiro atoms. The fourth-order valence-electron chi connectivity index (χ4n) is 1.15. The average molecular weight is 245 g/mol. The summed E-state index contributed by atoms with van der Waals surface area (Å²) >= 11 is 0. The number of rotatable bonds is 7. The SMILES string of the molecule is CCC(C)(C)C(=O)OCC[N+](C)(C)CC(=O)[O-]. The van der Waals surface area contributed by atoms with Gasteiger partial charge in [-0.1, -0.05) is 6.92 Å². The van der Waals surface area contributed by atoms with Crippen LogP contribution in [0.5, 0.6) is 0 Å². The van der Waals surface area contributed by atoms with Crippen LogP contribution >= 0.6 is 0 Å². The van der Waals surface area contributed by atoms with Crippen LogP contribution < -0.4 is 5.11 Å². The Bertz CT molecular complexity index is 284. The lowest BCUT2D eigenvalue weighted by atomic mass is 9.91. The molecule has 0 aliphatic heterocycles. The molecule has 0 aromatic rings. The molecule has 5 heteroatoms. The maximum absolute atomic E-state index is 11.6. The molecule has 0 aromatic heterocycles. The van der Waals surface area contributed by atoms with Crippen LogP contribution in [0.4, 0.5) is 0 Å². The number of hydrogen-bond donors (Lipinski definition) is 0. The summed E-state index contributed by atoms with van der Waals surface area (Å²) in [5.74, 6) is -1.34. The quantitative estimate of drug-likeness (QED) is 0.460. The second-order valence-electron chi connectivity index (χ2n) is 5.56. The van der Waals surface area contributed by atoms with Gasteiger partial charge in [0.25, 0.3) is 0 Å². The van der Waals surface area contributed by atoms with E-state index in [2.05, 4.69) is 0 Å². The van der Waals surface area contributed by atoms with Crippen molar-refractivity contribution >= 4 is 11.9 Å². The molecule has 0 radical (unpaired) electrons. The first-order chi connectivity index (χ1) is 7.60. The molecular formula is C12H23NO4. The predicted octanol–water partition coefficient (Wildman–Crippen LogP) is -0.208. The topological polar surface area (TPSA) is 66.4 Å². The van der Waals surface area contributed by atoms with Crippen LogP contribution in [0.25, 0.3) is 0 Å². The third kappa shape index (κ3) is 6.26. The van der Waals surface area contributed by atoms with Crippen molar-refractivity contribution in [3.05, 3.63) is 0 Å². The minimum absolute atomic E-state index is 0.0886. The van der Waals surface area contributed by atoms with Crippen molar-refractivity contribution in [1.29, 1.82) is 0 Å². The average Bonchev–Trinajstić information content (AvgIpc) is 2.15. The Morgan fingerprint density at radius 1 is 1.29 bits per heavy atom. The van der Waals surface area contributed by atoms with Gasteiger partial charge in [0.1, 0.15) is 19.7 Å². The lowest BCUT2D eigenvalue weighted by Crippen LogP contribution is -2.50. The minimum Gasteiger partial charge on any atom is -0.544 e.